The molecule has 2 rings (SSSR count). The summed E-state index contributed by atoms with van der Waals surface area (Å²) in [7, 11) is 0. The maximum Gasteiger partial charge on any atom is 0.345 e. The predicted octanol–water partition coefficient (Wildman–Crippen LogP) is 0.514. The first kappa shape index (κ1) is 11.2. The molecule has 5 heteroatoms. The van der Waals surface area contributed by atoms with Crippen molar-refractivity contribution in [3.63, 3.8) is 0 Å². The smallest absolute Gasteiger partial charge is 0.345 e. The number of rotatable bonds is 0. The summed E-state index contributed by atoms with van der Waals surface area (Å²) in [5.74, 6) is 0.680. The molecule has 0 aliphatic carbocycles. The largest absolute Gasteiger partial charge is 0.484 e. The fourth-order valence-electron chi connectivity index (χ4n) is 1.83. The number of fused-ring (bicyclic) bond motifs is 1. The molecule has 2 atom stereocenters. The predicted molar refractivity (Wildman–Crippen MR) is 55.4 cm³/mol. The first-order chi connectivity index (χ1) is 7.33. The second kappa shape index (κ2) is 3.33. The van der Waals surface area contributed by atoms with Gasteiger partial charge < -0.3 is 19.4 Å². The number of ether oxygens (including phenoxy) is 1. The summed E-state index contributed by atoms with van der Waals surface area (Å²) in [6, 6.07) is 1.54. The molecule has 0 amide bonds. The number of aliphatic hydroxyl groups is 2. The molecule has 2 N–H and O–H groups in total. The van der Waals surface area contributed by atoms with E-state index in [1.807, 2.05) is 0 Å². The summed E-state index contributed by atoms with van der Waals surface area (Å²) >= 11 is 0. The van der Waals surface area contributed by atoms with Gasteiger partial charge in [0.05, 0.1) is 0 Å². The summed E-state index contributed by atoms with van der Waals surface area (Å²) in [5, 5.41) is 19.6. The highest BCUT2D eigenvalue weighted by molar-refractivity contribution is 5.37. The topological polar surface area (TPSA) is 79.9 Å². The van der Waals surface area contributed by atoms with Crippen LogP contribution >= 0.6 is 0 Å². The van der Waals surface area contributed by atoms with E-state index in [1.54, 1.807) is 20.8 Å². The third-order valence-electron chi connectivity index (χ3n) is 2.75. The molecular formula is C11H14O5. The zero-order valence-corrected chi connectivity index (χ0v) is 9.35. The van der Waals surface area contributed by atoms with Crippen LogP contribution in [-0.4, -0.2) is 21.9 Å². The Bertz CT molecular complexity index is 474. The molecule has 88 valence electrons. The van der Waals surface area contributed by atoms with Crippen LogP contribution in [0.3, 0.4) is 0 Å². The third kappa shape index (κ3) is 1.52. The lowest BCUT2D eigenvalue weighted by Crippen LogP contribution is -2.50. The average Bonchev–Trinajstić information content (AvgIpc) is 2.12. The number of aliphatic hydroxyl groups excluding tert-OH is 2. The van der Waals surface area contributed by atoms with Crippen LogP contribution in [0.4, 0.5) is 0 Å². The van der Waals surface area contributed by atoms with Gasteiger partial charge in [-0.25, -0.2) is 4.79 Å². The minimum Gasteiger partial charge on any atom is -0.484 e. The number of hydrogen-bond donors (Lipinski definition) is 2. The van der Waals surface area contributed by atoms with Crippen LogP contribution in [-0.2, 0) is 0 Å². The molecular weight excluding hydrogens is 212 g/mol. The van der Waals surface area contributed by atoms with E-state index in [2.05, 4.69) is 0 Å². The van der Waals surface area contributed by atoms with Crippen molar-refractivity contribution in [1.82, 2.24) is 0 Å². The quantitative estimate of drug-likeness (QED) is 0.674. The lowest BCUT2D eigenvalue weighted by atomic mass is 9.89. The fraction of sp³-hybridized carbons (Fsp3) is 0.545. The van der Waals surface area contributed by atoms with Crippen molar-refractivity contribution >= 4 is 0 Å². The normalized spacial score (nSPS) is 27.1. The van der Waals surface area contributed by atoms with E-state index in [1.165, 1.54) is 6.07 Å². The van der Waals surface area contributed by atoms with Crippen molar-refractivity contribution < 1.29 is 19.4 Å². The van der Waals surface area contributed by atoms with Crippen molar-refractivity contribution in [2.75, 3.05) is 0 Å². The van der Waals surface area contributed by atoms with Crippen LogP contribution in [0.5, 0.6) is 5.75 Å². The summed E-state index contributed by atoms with van der Waals surface area (Å²) in [6.45, 7) is 4.91. The van der Waals surface area contributed by atoms with Gasteiger partial charge in [-0.3, -0.25) is 0 Å². The van der Waals surface area contributed by atoms with E-state index in [9.17, 15) is 15.0 Å². The van der Waals surface area contributed by atoms with Gasteiger partial charge in [0.25, 0.3) is 0 Å². The Morgan fingerprint density at radius 1 is 1.38 bits per heavy atom. The fourth-order valence-corrected chi connectivity index (χ4v) is 1.83. The van der Waals surface area contributed by atoms with Gasteiger partial charge in [-0.15, -0.1) is 0 Å². The third-order valence-corrected chi connectivity index (χ3v) is 2.75. The molecule has 1 aromatic heterocycles. The summed E-state index contributed by atoms with van der Waals surface area (Å²) in [6.07, 6.45) is -2.44. The summed E-state index contributed by atoms with van der Waals surface area (Å²) in [5.41, 5.74) is -1.62. The lowest BCUT2D eigenvalue weighted by molar-refractivity contribution is -0.113. The van der Waals surface area contributed by atoms with E-state index in [0.717, 1.165) is 0 Å². The lowest BCUT2D eigenvalue weighted by Gasteiger charge is -2.39. The Morgan fingerprint density at radius 3 is 2.62 bits per heavy atom. The molecule has 0 bridgehead atoms. The molecule has 1 aromatic rings. The zero-order chi connectivity index (χ0) is 12.1. The molecule has 0 fully saturated rings. The first-order valence-corrected chi connectivity index (χ1v) is 5.03. The van der Waals surface area contributed by atoms with Crippen molar-refractivity contribution in [3.8, 4) is 5.75 Å². The second-order valence-electron chi connectivity index (χ2n) is 4.52. The van der Waals surface area contributed by atoms with Crippen LogP contribution < -0.4 is 10.4 Å². The molecule has 0 aromatic carbocycles. The van der Waals surface area contributed by atoms with E-state index in [-0.39, 0.29) is 11.3 Å². The number of aryl methyl sites for hydroxylation is 1. The zero-order valence-electron chi connectivity index (χ0n) is 9.35. The highest BCUT2D eigenvalue weighted by atomic mass is 16.5. The van der Waals surface area contributed by atoms with Crippen LogP contribution in [0.15, 0.2) is 15.3 Å². The Balaban J connectivity index is 2.64. The molecule has 16 heavy (non-hydrogen) atoms. The Hall–Kier alpha value is -1.33. The van der Waals surface area contributed by atoms with E-state index < -0.39 is 23.4 Å². The molecule has 0 saturated heterocycles. The van der Waals surface area contributed by atoms with Crippen LogP contribution in [0.25, 0.3) is 0 Å². The SMILES string of the molecule is Cc1cc2c(c(=O)o1)[C@@H](O)[C@H](O)C(C)(C)O2. The van der Waals surface area contributed by atoms with Gasteiger partial charge in [0.2, 0.25) is 0 Å². The van der Waals surface area contributed by atoms with Gasteiger partial charge in [-0.05, 0) is 20.8 Å². The van der Waals surface area contributed by atoms with Crippen molar-refractivity contribution in [2.24, 2.45) is 0 Å². The average molecular weight is 226 g/mol. The minimum absolute atomic E-state index is 0.0163. The van der Waals surface area contributed by atoms with Crippen molar-refractivity contribution in [3.05, 3.63) is 27.8 Å². The number of hydrogen-bond acceptors (Lipinski definition) is 5. The van der Waals surface area contributed by atoms with Crippen LogP contribution in [0, 0.1) is 6.92 Å². The molecule has 0 spiro atoms. The van der Waals surface area contributed by atoms with E-state index >= 15 is 0 Å². The Kier molecular flexibility index (Phi) is 2.32. The monoisotopic (exact) mass is 226 g/mol. The Labute approximate surface area is 92.3 Å². The molecule has 1 aliphatic heterocycles. The molecule has 1 aliphatic rings. The highest BCUT2D eigenvalue weighted by Gasteiger charge is 2.44. The van der Waals surface area contributed by atoms with Crippen molar-refractivity contribution in [1.29, 1.82) is 0 Å². The van der Waals surface area contributed by atoms with Gasteiger partial charge in [0, 0.05) is 6.07 Å². The van der Waals surface area contributed by atoms with Gasteiger partial charge in [-0.1, -0.05) is 0 Å². The Morgan fingerprint density at radius 2 is 2.00 bits per heavy atom. The van der Waals surface area contributed by atoms with Crippen LogP contribution in [0.1, 0.15) is 31.3 Å². The van der Waals surface area contributed by atoms with Crippen LogP contribution in [0.2, 0.25) is 0 Å². The van der Waals surface area contributed by atoms with Gasteiger partial charge >= 0.3 is 5.63 Å². The van der Waals surface area contributed by atoms with E-state index in [0.29, 0.717) is 5.76 Å². The molecule has 5 nitrogen and oxygen atoms in total. The van der Waals surface area contributed by atoms with Gasteiger partial charge in [0.15, 0.2) is 0 Å². The first-order valence-electron chi connectivity index (χ1n) is 5.03. The minimum atomic E-state index is -1.28. The maximum atomic E-state index is 11.5. The summed E-state index contributed by atoms with van der Waals surface area (Å²) in [4.78, 5) is 11.5. The van der Waals surface area contributed by atoms with Gasteiger partial charge in [-0.2, -0.15) is 0 Å². The van der Waals surface area contributed by atoms with E-state index in [4.69, 9.17) is 9.15 Å². The van der Waals surface area contributed by atoms with Crippen molar-refractivity contribution in [2.45, 2.75) is 38.6 Å². The molecule has 0 radical (unpaired) electrons. The highest BCUT2D eigenvalue weighted by Crippen LogP contribution is 2.37. The second-order valence-corrected chi connectivity index (χ2v) is 4.52. The molecule has 0 unspecified atom stereocenters. The maximum absolute atomic E-state index is 11.5. The molecule has 2 heterocycles. The standard InChI is InChI=1S/C11H14O5/c1-5-4-6-7(10(14)15-5)8(12)9(13)11(2,3)16-6/h4,8-9,12-13H,1-3H3/t8-,9+/m1/s1. The summed E-state index contributed by atoms with van der Waals surface area (Å²) < 4.78 is 10.3. The van der Waals surface area contributed by atoms with Gasteiger partial charge in [0.1, 0.15) is 34.9 Å². The molecule has 0 saturated carbocycles.